The molecule has 6 heteroatoms. The SMILES string of the molecule is CCOc1cc(-c2ncc(CC(=O)O)n2C)ccc1OC. The summed E-state index contributed by atoms with van der Waals surface area (Å²) in [4.78, 5) is 15.1. The van der Waals surface area contributed by atoms with Gasteiger partial charge in [-0.05, 0) is 25.1 Å². The molecule has 112 valence electrons. The van der Waals surface area contributed by atoms with Gasteiger partial charge in [0.25, 0.3) is 0 Å². The minimum atomic E-state index is -0.880. The van der Waals surface area contributed by atoms with Crippen molar-refractivity contribution in [3.05, 3.63) is 30.1 Å². The van der Waals surface area contributed by atoms with Crippen molar-refractivity contribution in [3.63, 3.8) is 0 Å². The Balaban J connectivity index is 2.40. The van der Waals surface area contributed by atoms with E-state index in [2.05, 4.69) is 4.98 Å². The van der Waals surface area contributed by atoms with Crippen molar-refractivity contribution in [2.75, 3.05) is 13.7 Å². The zero-order valence-electron chi connectivity index (χ0n) is 12.3. The van der Waals surface area contributed by atoms with Crippen LogP contribution < -0.4 is 9.47 Å². The number of hydrogen-bond acceptors (Lipinski definition) is 4. The Morgan fingerprint density at radius 1 is 1.38 bits per heavy atom. The number of benzene rings is 1. The Bertz CT molecular complexity index is 649. The summed E-state index contributed by atoms with van der Waals surface area (Å²) in [5.41, 5.74) is 1.49. The molecule has 0 aliphatic rings. The predicted octanol–water partition coefficient (Wildman–Crippen LogP) is 2.12. The maximum absolute atomic E-state index is 10.8. The van der Waals surface area contributed by atoms with E-state index in [0.717, 1.165) is 5.56 Å². The number of carbonyl (C=O) groups is 1. The van der Waals surface area contributed by atoms with Crippen LogP contribution in [-0.2, 0) is 18.3 Å². The lowest BCUT2D eigenvalue weighted by atomic mass is 10.2. The fraction of sp³-hybridized carbons (Fsp3) is 0.333. The number of hydrogen-bond donors (Lipinski definition) is 1. The smallest absolute Gasteiger partial charge is 0.309 e. The fourth-order valence-electron chi connectivity index (χ4n) is 2.12. The van der Waals surface area contributed by atoms with Gasteiger partial charge in [-0.3, -0.25) is 4.79 Å². The van der Waals surface area contributed by atoms with Crippen LogP contribution in [0.3, 0.4) is 0 Å². The molecule has 0 aliphatic heterocycles. The first-order valence-corrected chi connectivity index (χ1v) is 6.60. The lowest BCUT2D eigenvalue weighted by molar-refractivity contribution is -0.136. The topological polar surface area (TPSA) is 73.6 Å². The predicted molar refractivity (Wildman–Crippen MR) is 77.7 cm³/mol. The highest BCUT2D eigenvalue weighted by atomic mass is 16.5. The van der Waals surface area contributed by atoms with Crippen molar-refractivity contribution in [2.24, 2.45) is 7.05 Å². The fourth-order valence-corrected chi connectivity index (χ4v) is 2.12. The summed E-state index contributed by atoms with van der Waals surface area (Å²) in [7, 11) is 3.38. The van der Waals surface area contributed by atoms with Gasteiger partial charge in [-0.25, -0.2) is 4.98 Å². The van der Waals surface area contributed by atoms with Gasteiger partial charge in [0.1, 0.15) is 5.82 Å². The van der Waals surface area contributed by atoms with E-state index in [9.17, 15) is 4.79 Å². The number of rotatable bonds is 6. The number of carboxylic acid groups (broad SMARTS) is 1. The van der Waals surface area contributed by atoms with Gasteiger partial charge < -0.3 is 19.1 Å². The van der Waals surface area contributed by atoms with Crippen LogP contribution in [0, 0.1) is 0 Å². The summed E-state index contributed by atoms with van der Waals surface area (Å²) in [5.74, 6) is 1.10. The van der Waals surface area contributed by atoms with Gasteiger partial charge >= 0.3 is 5.97 Å². The molecule has 2 aromatic rings. The zero-order chi connectivity index (χ0) is 15.4. The normalized spacial score (nSPS) is 10.4. The Kier molecular flexibility index (Phi) is 4.47. The molecule has 1 N–H and O–H groups in total. The molecule has 2 rings (SSSR count). The number of nitrogens with zero attached hydrogens (tertiary/aromatic N) is 2. The lowest BCUT2D eigenvalue weighted by Gasteiger charge is -2.11. The average Bonchev–Trinajstić information content (AvgIpc) is 2.80. The molecule has 0 bridgehead atoms. The maximum Gasteiger partial charge on any atom is 0.309 e. The van der Waals surface area contributed by atoms with Crippen LogP contribution >= 0.6 is 0 Å². The summed E-state index contributed by atoms with van der Waals surface area (Å²) in [6, 6.07) is 5.52. The molecule has 1 aromatic carbocycles. The van der Waals surface area contributed by atoms with Crippen LogP contribution in [0.5, 0.6) is 11.5 Å². The van der Waals surface area contributed by atoms with Gasteiger partial charge in [0.05, 0.1) is 20.1 Å². The third-order valence-corrected chi connectivity index (χ3v) is 3.14. The molecule has 0 radical (unpaired) electrons. The molecule has 6 nitrogen and oxygen atoms in total. The van der Waals surface area contributed by atoms with Gasteiger partial charge in [0.15, 0.2) is 11.5 Å². The number of carboxylic acids is 1. The average molecular weight is 290 g/mol. The van der Waals surface area contributed by atoms with E-state index in [1.54, 1.807) is 24.9 Å². The Labute approximate surface area is 122 Å². The molecule has 21 heavy (non-hydrogen) atoms. The highest BCUT2D eigenvalue weighted by molar-refractivity contribution is 5.70. The molecular weight excluding hydrogens is 272 g/mol. The second kappa shape index (κ2) is 6.30. The monoisotopic (exact) mass is 290 g/mol. The van der Waals surface area contributed by atoms with E-state index >= 15 is 0 Å². The van der Waals surface area contributed by atoms with Crippen molar-refractivity contribution >= 4 is 5.97 Å². The van der Waals surface area contributed by atoms with Crippen LogP contribution in [0.1, 0.15) is 12.6 Å². The molecule has 0 amide bonds. The molecule has 0 fully saturated rings. The van der Waals surface area contributed by atoms with E-state index in [1.807, 2.05) is 25.1 Å². The van der Waals surface area contributed by atoms with Gasteiger partial charge in [0, 0.05) is 24.5 Å². The van der Waals surface area contributed by atoms with Crippen molar-refractivity contribution in [1.29, 1.82) is 0 Å². The first-order chi connectivity index (χ1) is 10.1. The molecule has 0 aliphatic carbocycles. The van der Waals surface area contributed by atoms with Crippen LogP contribution in [0.15, 0.2) is 24.4 Å². The zero-order valence-corrected chi connectivity index (χ0v) is 12.3. The molecular formula is C15H18N2O4. The van der Waals surface area contributed by atoms with E-state index in [4.69, 9.17) is 14.6 Å². The molecule has 1 aromatic heterocycles. The Hall–Kier alpha value is -2.50. The van der Waals surface area contributed by atoms with Gasteiger partial charge in [-0.2, -0.15) is 0 Å². The van der Waals surface area contributed by atoms with E-state index < -0.39 is 5.97 Å². The highest BCUT2D eigenvalue weighted by Gasteiger charge is 2.13. The molecule has 0 saturated heterocycles. The van der Waals surface area contributed by atoms with E-state index in [1.165, 1.54) is 0 Å². The minimum Gasteiger partial charge on any atom is -0.493 e. The lowest BCUT2D eigenvalue weighted by Crippen LogP contribution is -2.06. The summed E-state index contributed by atoms with van der Waals surface area (Å²) >= 11 is 0. The van der Waals surface area contributed by atoms with Gasteiger partial charge in [-0.15, -0.1) is 0 Å². The number of ether oxygens (including phenoxy) is 2. The first-order valence-electron chi connectivity index (χ1n) is 6.60. The molecule has 0 saturated carbocycles. The Morgan fingerprint density at radius 2 is 2.14 bits per heavy atom. The van der Waals surface area contributed by atoms with E-state index in [0.29, 0.717) is 29.6 Å². The Morgan fingerprint density at radius 3 is 2.76 bits per heavy atom. The summed E-state index contributed by atoms with van der Waals surface area (Å²) in [5, 5.41) is 8.88. The summed E-state index contributed by atoms with van der Waals surface area (Å²) < 4.78 is 12.6. The van der Waals surface area contributed by atoms with Crippen molar-refractivity contribution in [3.8, 4) is 22.9 Å². The number of aliphatic carboxylic acids is 1. The second-order valence-corrected chi connectivity index (χ2v) is 4.50. The summed E-state index contributed by atoms with van der Waals surface area (Å²) in [6.45, 7) is 2.43. The van der Waals surface area contributed by atoms with Crippen LogP contribution in [-0.4, -0.2) is 34.3 Å². The second-order valence-electron chi connectivity index (χ2n) is 4.50. The van der Waals surface area contributed by atoms with Crippen molar-refractivity contribution in [2.45, 2.75) is 13.3 Å². The summed E-state index contributed by atoms with van der Waals surface area (Å²) in [6.07, 6.45) is 1.52. The van der Waals surface area contributed by atoms with Gasteiger partial charge in [-0.1, -0.05) is 0 Å². The van der Waals surface area contributed by atoms with Gasteiger partial charge in [0.2, 0.25) is 0 Å². The quantitative estimate of drug-likeness (QED) is 0.882. The maximum atomic E-state index is 10.8. The third-order valence-electron chi connectivity index (χ3n) is 3.14. The first kappa shape index (κ1) is 14.9. The van der Waals surface area contributed by atoms with Crippen LogP contribution in [0.4, 0.5) is 0 Å². The number of methoxy groups -OCH3 is 1. The van der Waals surface area contributed by atoms with Crippen molar-refractivity contribution in [1.82, 2.24) is 9.55 Å². The number of aromatic nitrogens is 2. The molecule has 1 heterocycles. The third kappa shape index (κ3) is 3.16. The van der Waals surface area contributed by atoms with E-state index in [-0.39, 0.29) is 6.42 Å². The number of imidazole rings is 1. The van der Waals surface area contributed by atoms with Crippen LogP contribution in [0.2, 0.25) is 0 Å². The standard InChI is InChI=1S/C15H18N2O4/c1-4-21-13-7-10(5-6-12(13)20-3)15-16-9-11(17(15)2)8-14(18)19/h5-7,9H,4,8H2,1-3H3,(H,18,19). The highest BCUT2D eigenvalue weighted by Crippen LogP contribution is 2.32. The molecule has 0 unspecified atom stereocenters. The van der Waals surface area contributed by atoms with Crippen LogP contribution in [0.25, 0.3) is 11.4 Å². The van der Waals surface area contributed by atoms with Crippen molar-refractivity contribution < 1.29 is 19.4 Å². The minimum absolute atomic E-state index is 0.0576. The molecule has 0 spiro atoms. The largest absolute Gasteiger partial charge is 0.493 e. The molecule has 0 atom stereocenters.